The van der Waals surface area contributed by atoms with E-state index in [0.717, 1.165) is 5.75 Å². The van der Waals surface area contributed by atoms with E-state index in [-0.39, 0.29) is 5.56 Å². The summed E-state index contributed by atoms with van der Waals surface area (Å²) in [7, 11) is 0. The Hall–Kier alpha value is -2.01. The molecule has 0 radical (unpaired) electrons. The number of rotatable bonds is 6. The molecule has 1 aromatic heterocycles. The quantitative estimate of drug-likeness (QED) is 0.653. The largest absolute Gasteiger partial charge is 0.493 e. The standard InChI is InChI=1S/C16H17NO3S/c1-11-7-12(2)9-14(8-11)20-5-6-21-15-10-13(16(18)19)3-4-17-15/h3-4,7-10H,5-6H2,1-2H3,(H,18,19). The van der Waals surface area contributed by atoms with E-state index < -0.39 is 5.97 Å². The van der Waals surface area contributed by atoms with Crippen LogP contribution in [0.15, 0.2) is 41.6 Å². The number of aromatic nitrogens is 1. The highest BCUT2D eigenvalue weighted by atomic mass is 32.2. The van der Waals surface area contributed by atoms with Crippen molar-refractivity contribution in [1.82, 2.24) is 4.98 Å². The number of carboxylic acid groups (broad SMARTS) is 1. The molecule has 0 saturated heterocycles. The third kappa shape index (κ3) is 4.79. The van der Waals surface area contributed by atoms with E-state index in [4.69, 9.17) is 9.84 Å². The smallest absolute Gasteiger partial charge is 0.335 e. The summed E-state index contributed by atoms with van der Waals surface area (Å²) in [6, 6.07) is 9.16. The molecule has 2 aromatic rings. The highest BCUT2D eigenvalue weighted by Gasteiger charge is 2.04. The lowest BCUT2D eigenvalue weighted by Gasteiger charge is -2.08. The van der Waals surface area contributed by atoms with Crippen LogP contribution in [0.2, 0.25) is 0 Å². The van der Waals surface area contributed by atoms with Gasteiger partial charge < -0.3 is 9.84 Å². The molecule has 0 atom stereocenters. The molecule has 2 rings (SSSR count). The molecule has 21 heavy (non-hydrogen) atoms. The first-order chi connectivity index (χ1) is 10.0. The molecular weight excluding hydrogens is 286 g/mol. The van der Waals surface area contributed by atoms with Gasteiger partial charge >= 0.3 is 5.97 Å². The zero-order valence-corrected chi connectivity index (χ0v) is 12.8. The Morgan fingerprint density at radius 3 is 2.62 bits per heavy atom. The molecular formula is C16H17NO3S. The second-order valence-corrected chi connectivity index (χ2v) is 5.82. The summed E-state index contributed by atoms with van der Waals surface area (Å²) in [5.41, 5.74) is 2.60. The fourth-order valence-corrected chi connectivity index (χ4v) is 2.66. The summed E-state index contributed by atoms with van der Waals surface area (Å²) in [4.78, 5) is 15.0. The number of benzene rings is 1. The van der Waals surface area contributed by atoms with Crippen LogP contribution in [-0.4, -0.2) is 28.4 Å². The number of aryl methyl sites for hydroxylation is 2. The van der Waals surface area contributed by atoms with Gasteiger partial charge in [0.1, 0.15) is 5.75 Å². The van der Waals surface area contributed by atoms with Gasteiger partial charge in [-0.25, -0.2) is 9.78 Å². The number of pyridine rings is 1. The lowest BCUT2D eigenvalue weighted by molar-refractivity contribution is 0.0696. The summed E-state index contributed by atoms with van der Waals surface area (Å²) >= 11 is 1.48. The van der Waals surface area contributed by atoms with E-state index in [9.17, 15) is 4.79 Å². The zero-order valence-electron chi connectivity index (χ0n) is 12.0. The topological polar surface area (TPSA) is 59.4 Å². The molecule has 0 bridgehead atoms. The van der Waals surface area contributed by atoms with Crippen molar-refractivity contribution in [2.24, 2.45) is 0 Å². The van der Waals surface area contributed by atoms with Gasteiger partial charge in [-0.15, -0.1) is 11.8 Å². The fourth-order valence-electron chi connectivity index (χ4n) is 1.94. The summed E-state index contributed by atoms with van der Waals surface area (Å²) in [5.74, 6) is 0.634. The number of ether oxygens (including phenoxy) is 1. The minimum absolute atomic E-state index is 0.253. The third-order valence-electron chi connectivity index (χ3n) is 2.78. The molecule has 0 unspecified atom stereocenters. The average Bonchev–Trinajstić information content (AvgIpc) is 2.43. The Labute approximate surface area is 128 Å². The highest BCUT2D eigenvalue weighted by molar-refractivity contribution is 7.99. The van der Waals surface area contributed by atoms with E-state index in [2.05, 4.69) is 11.1 Å². The second-order valence-electron chi connectivity index (χ2n) is 4.71. The van der Waals surface area contributed by atoms with Gasteiger partial charge in [-0.05, 0) is 49.2 Å². The lowest BCUT2D eigenvalue weighted by Crippen LogP contribution is -2.02. The van der Waals surface area contributed by atoms with Crippen LogP contribution >= 0.6 is 11.8 Å². The monoisotopic (exact) mass is 303 g/mol. The lowest BCUT2D eigenvalue weighted by atomic mass is 10.1. The average molecular weight is 303 g/mol. The predicted molar refractivity (Wildman–Crippen MR) is 83.3 cm³/mol. The van der Waals surface area contributed by atoms with E-state index in [1.807, 2.05) is 26.0 Å². The molecule has 0 fully saturated rings. The zero-order chi connectivity index (χ0) is 15.2. The van der Waals surface area contributed by atoms with Crippen molar-refractivity contribution in [3.8, 4) is 5.75 Å². The van der Waals surface area contributed by atoms with Gasteiger partial charge in [0.25, 0.3) is 0 Å². The fraction of sp³-hybridized carbons (Fsp3) is 0.250. The van der Waals surface area contributed by atoms with Crippen LogP contribution in [0.5, 0.6) is 5.75 Å². The van der Waals surface area contributed by atoms with Gasteiger partial charge in [0, 0.05) is 11.9 Å². The van der Waals surface area contributed by atoms with Crippen molar-refractivity contribution < 1.29 is 14.6 Å². The van der Waals surface area contributed by atoms with Crippen LogP contribution in [0.1, 0.15) is 21.5 Å². The van der Waals surface area contributed by atoms with Crippen molar-refractivity contribution in [2.75, 3.05) is 12.4 Å². The third-order valence-corrected chi connectivity index (χ3v) is 3.67. The Balaban J connectivity index is 1.84. The molecule has 4 nitrogen and oxygen atoms in total. The van der Waals surface area contributed by atoms with Crippen molar-refractivity contribution >= 4 is 17.7 Å². The van der Waals surface area contributed by atoms with Crippen LogP contribution in [0, 0.1) is 13.8 Å². The van der Waals surface area contributed by atoms with E-state index in [1.165, 1.54) is 35.2 Å². The maximum atomic E-state index is 10.9. The molecule has 110 valence electrons. The number of carboxylic acids is 1. The van der Waals surface area contributed by atoms with Crippen LogP contribution in [0.4, 0.5) is 0 Å². The second kappa shape index (κ2) is 7.13. The van der Waals surface area contributed by atoms with Gasteiger partial charge in [0.2, 0.25) is 0 Å². The first-order valence-electron chi connectivity index (χ1n) is 6.58. The molecule has 0 aliphatic carbocycles. The van der Waals surface area contributed by atoms with E-state index in [1.54, 1.807) is 6.07 Å². The van der Waals surface area contributed by atoms with E-state index >= 15 is 0 Å². The molecule has 0 aliphatic rings. The van der Waals surface area contributed by atoms with E-state index in [0.29, 0.717) is 17.4 Å². The summed E-state index contributed by atoms with van der Waals surface area (Å²) < 4.78 is 5.70. The van der Waals surface area contributed by atoms with Gasteiger partial charge in [-0.3, -0.25) is 0 Å². The molecule has 0 saturated carbocycles. The van der Waals surface area contributed by atoms with Crippen molar-refractivity contribution in [2.45, 2.75) is 18.9 Å². The minimum Gasteiger partial charge on any atom is -0.493 e. The first-order valence-corrected chi connectivity index (χ1v) is 7.56. The maximum absolute atomic E-state index is 10.9. The Bertz CT molecular complexity index is 623. The maximum Gasteiger partial charge on any atom is 0.335 e. The Morgan fingerprint density at radius 1 is 1.24 bits per heavy atom. The van der Waals surface area contributed by atoms with Crippen LogP contribution in [0.3, 0.4) is 0 Å². The number of hydrogen-bond donors (Lipinski definition) is 1. The number of hydrogen-bond acceptors (Lipinski definition) is 4. The number of aromatic carboxylic acids is 1. The normalized spacial score (nSPS) is 10.4. The van der Waals surface area contributed by atoms with Gasteiger partial charge in [0.15, 0.2) is 0 Å². The Morgan fingerprint density at radius 2 is 1.95 bits per heavy atom. The van der Waals surface area contributed by atoms with Crippen LogP contribution < -0.4 is 4.74 Å². The van der Waals surface area contributed by atoms with Crippen molar-refractivity contribution in [3.63, 3.8) is 0 Å². The summed E-state index contributed by atoms with van der Waals surface area (Å²) in [5, 5.41) is 9.61. The molecule has 5 heteroatoms. The minimum atomic E-state index is -0.939. The number of thioether (sulfide) groups is 1. The first kappa shape index (κ1) is 15.4. The van der Waals surface area contributed by atoms with Crippen LogP contribution in [0.25, 0.3) is 0 Å². The molecule has 0 aliphatic heterocycles. The van der Waals surface area contributed by atoms with Gasteiger partial charge in [0.05, 0.1) is 17.2 Å². The molecule has 1 heterocycles. The summed E-state index contributed by atoms with van der Waals surface area (Å²) in [6.45, 7) is 4.62. The van der Waals surface area contributed by atoms with Gasteiger partial charge in [-0.1, -0.05) is 6.07 Å². The summed E-state index contributed by atoms with van der Waals surface area (Å²) in [6.07, 6.45) is 1.51. The predicted octanol–water partition coefficient (Wildman–Crippen LogP) is 3.57. The number of nitrogens with zero attached hydrogens (tertiary/aromatic N) is 1. The van der Waals surface area contributed by atoms with Gasteiger partial charge in [-0.2, -0.15) is 0 Å². The molecule has 1 N–H and O–H groups in total. The molecule has 0 spiro atoms. The van der Waals surface area contributed by atoms with Crippen LogP contribution in [-0.2, 0) is 0 Å². The van der Waals surface area contributed by atoms with Crippen molar-refractivity contribution in [3.05, 3.63) is 53.2 Å². The Kier molecular flexibility index (Phi) is 5.22. The SMILES string of the molecule is Cc1cc(C)cc(OCCSc2cc(C(=O)O)ccn2)c1. The van der Waals surface area contributed by atoms with Crippen molar-refractivity contribution in [1.29, 1.82) is 0 Å². The molecule has 0 amide bonds. The highest BCUT2D eigenvalue weighted by Crippen LogP contribution is 2.19. The molecule has 1 aromatic carbocycles. The number of carbonyl (C=O) groups is 1.